The molecule has 2 rings (SSSR count). The Labute approximate surface area is 178 Å². The summed E-state index contributed by atoms with van der Waals surface area (Å²) in [6, 6.07) is 10.9. The van der Waals surface area contributed by atoms with Crippen LogP contribution in [-0.4, -0.2) is 33.6 Å². The number of benzene rings is 2. The quantitative estimate of drug-likeness (QED) is 0.628. The molecule has 164 valence electrons. The number of sulfonamides is 1. The van der Waals surface area contributed by atoms with Crippen molar-refractivity contribution in [2.45, 2.75) is 57.7 Å². The summed E-state index contributed by atoms with van der Waals surface area (Å²) in [5.41, 5.74) is 1.10. The normalized spacial score (nSPS) is 12.7. The van der Waals surface area contributed by atoms with Crippen LogP contribution in [0.3, 0.4) is 0 Å². The number of rotatable bonds is 9. The van der Waals surface area contributed by atoms with E-state index < -0.39 is 10.0 Å². The highest BCUT2D eigenvalue weighted by atomic mass is 32.2. The Morgan fingerprint density at radius 3 is 2.27 bits per heavy atom. The third kappa shape index (κ3) is 6.21. The summed E-state index contributed by atoms with van der Waals surface area (Å²) in [7, 11) is -2.12. The Kier molecular flexibility index (Phi) is 7.86. The fraction of sp³-hybridized carbons (Fsp3) is 0.409. The van der Waals surface area contributed by atoms with E-state index in [1.165, 1.54) is 12.1 Å². The minimum atomic E-state index is -3.68. The molecule has 0 radical (unpaired) electrons. The molecule has 2 N–H and O–H groups in total. The Morgan fingerprint density at radius 1 is 0.967 bits per heavy atom. The van der Waals surface area contributed by atoms with Crippen molar-refractivity contribution in [3.05, 3.63) is 53.6 Å². The van der Waals surface area contributed by atoms with E-state index >= 15 is 0 Å². The number of nitrogens with one attached hydrogen (secondary N) is 2. The molecule has 0 spiro atoms. The van der Waals surface area contributed by atoms with E-state index in [2.05, 4.69) is 10.0 Å². The molecule has 0 heterocycles. The van der Waals surface area contributed by atoms with Crippen LogP contribution < -0.4 is 19.5 Å². The molecule has 0 aromatic heterocycles. The minimum absolute atomic E-state index is 0.00983. The van der Waals surface area contributed by atoms with Crippen molar-refractivity contribution in [1.29, 1.82) is 0 Å². The van der Waals surface area contributed by atoms with Crippen molar-refractivity contribution in [2.75, 3.05) is 7.11 Å². The summed E-state index contributed by atoms with van der Waals surface area (Å²) < 4.78 is 38.4. The third-order valence-electron chi connectivity index (χ3n) is 4.20. The highest BCUT2D eigenvalue weighted by molar-refractivity contribution is 7.89. The molecule has 0 aliphatic rings. The van der Waals surface area contributed by atoms with Crippen LogP contribution in [0.25, 0.3) is 0 Å². The number of ether oxygens (including phenoxy) is 2. The second-order valence-corrected chi connectivity index (χ2v) is 9.29. The lowest BCUT2D eigenvalue weighted by Gasteiger charge is -2.18. The molecule has 30 heavy (non-hydrogen) atoms. The predicted molar refractivity (Wildman–Crippen MR) is 117 cm³/mol. The second kappa shape index (κ2) is 9.95. The van der Waals surface area contributed by atoms with Crippen molar-refractivity contribution < 1.29 is 22.7 Å². The number of hydrogen-bond acceptors (Lipinski definition) is 5. The van der Waals surface area contributed by atoms with Gasteiger partial charge in [0.15, 0.2) is 11.5 Å². The van der Waals surface area contributed by atoms with E-state index in [4.69, 9.17) is 9.47 Å². The van der Waals surface area contributed by atoms with E-state index in [9.17, 15) is 13.2 Å². The highest BCUT2D eigenvalue weighted by Gasteiger charge is 2.19. The maximum absolute atomic E-state index is 12.7. The van der Waals surface area contributed by atoms with Gasteiger partial charge in [-0.3, -0.25) is 4.79 Å². The van der Waals surface area contributed by atoms with Gasteiger partial charge >= 0.3 is 0 Å². The maximum atomic E-state index is 12.7. The van der Waals surface area contributed by atoms with Crippen molar-refractivity contribution >= 4 is 15.9 Å². The molecule has 7 nitrogen and oxygen atoms in total. The van der Waals surface area contributed by atoms with Crippen LogP contribution in [0.4, 0.5) is 0 Å². The Bertz CT molecular complexity index is 987. The highest BCUT2D eigenvalue weighted by Crippen LogP contribution is 2.31. The van der Waals surface area contributed by atoms with E-state index in [0.717, 1.165) is 5.56 Å². The summed E-state index contributed by atoms with van der Waals surface area (Å²) >= 11 is 0. The summed E-state index contributed by atoms with van der Waals surface area (Å²) in [5.74, 6) is 0.839. The summed E-state index contributed by atoms with van der Waals surface area (Å²) in [5, 5.41) is 2.89. The first-order valence-corrected chi connectivity index (χ1v) is 11.3. The number of hydrogen-bond donors (Lipinski definition) is 2. The molecule has 0 fully saturated rings. The zero-order chi connectivity index (χ0) is 22.5. The molecule has 2 aromatic carbocycles. The van der Waals surface area contributed by atoms with Gasteiger partial charge in [0, 0.05) is 11.6 Å². The zero-order valence-corrected chi connectivity index (χ0v) is 19.0. The van der Waals surface area contributed by atoms with E-state index in [-0.39, 0.29) is 34.6 Å². The average Bonchev–Trinajstić information content (AvgIpc) is 2.66. The lowest BCUT2D eigenvalue weighted by Crippen LogP contribution is -2.31. The molecular formula is C22H30N2O5S. The van der Waals surface area contributed by atoms with Crippen molar-refractivity contribution in [3.63, 3.8) is 0 Å². The topological polar surface area (TPSA) is 93.7 Å². The first-order valence-electron chi connectivity index (χ1n) is 9.81. The predicted octanol–water partition coefficient (Wildman–Crippen LogP) is 3.66. The molecule has 1 atom stereocenters. The summed E-state index contributed by atoms with van der Waals surface area (Å²) in [6.07, 6.45) is 0.00983. The lowest BCUT2D eigenvalue weighted by molar-refractivity contribution is 0.0939. The molecule has 8 heteroatoms. The van der Waals surface area contributed by atoms with Crippen LogP contribution in [0.2, 0.25) is 0 Å². The number of carbonyl (C=O) groups excluding carboxylic acids is 1. The molecule has 0 aliphatic heterocycles. The number of carbonyl (C=O) groups is 1. The Hall–Kier alpha value is -2.58. The van der Waals surface area contributed by atoms with Gasteiger partial charge in [-0.05, 0) is 70.5 Å². The molecule has 0 saturated heterocycles. The van der Waals surface area contributed by atoms with Crippen molar-refractivity contribution in [2.24, 2.45) is 0 Å². The van der Waals surface area contributed by atoms with Gasteiger partial charge in [0.25, 0.3) is 5.91 Å². The molecule has 2 aromatic rings. The van der Waals surface area contributed by atoms with Crippen molar-refractivity contribution in [1.82, 2.24) is 10.0 Å². The first kappa shape index (κ1) is 23.7. The molecule has 1 unspecified atom stereocenters. The van der Waals surface area contributed by atoms with Gasteiger partial charge in [0.1, 0.15) is 0 Å². The monoisotopic (exact) mass is 434 g/mol. The van der Waals surface area contributed by atoms with Gasteiger partial charge in [-0.1, -0.05) is 12.1 Å². The van der Waals surface area contributed by atoms with E-state index in [1.54, 1.807) is 33.1 Å². The second-order valence-electron chi connectivity index (χ2n) is 7.58. The van der Waals surface area contributed by atoms with Crippen LogP contribution in [0.5, 0.6) is 11.5 Å². The fourth-order valence-corrected chi connectivity index (χ4v) is 4.15. The lowest BCUT2D eigenvalue weighted by atomic mass is 10.1. The van der Waals surface area contributed by atoms with Crippen LogP contribution in [-0.2, 0) is 10.0 Å². The van der Waals surface area contributed by atoms with Crippen LogP contribution >= 0.6 is 0 Å². The number of amides is 1. The van der Waals surface area contributed by atoms with Crippen LogP contribution in [0, 0.1) is 0 Å². The summed E-state index contributed by atoms with van der Waals surface area (Å²) in [6.45, 7) is 9.18. The Balaban J connectivity index is 2.19. The standard InChI is InChI=1S/C22H30N2O5S/c1-14(2)24-30(26,27)19-9-7-8-18(12-19)22(25)23-16(5)17-10-11-20(29-15(3)4)21(13-17)28-6/h7-16,24H,1-6H3,(H,23,25). The SMILES string of the molecule is COc1cc(C(C)NC(=O)c2cccc(S(=O)(=O)NC(C)C)c2)ccc1OC(C)C. The largest absolute Gasteiger partial charge is 0.493 e. The first-order chi connectivity index (χ1) is 14.0. The van der Waals surface area contributed by atoms with Gasteiger partial charge in [0.05, 0.1) is 24.2 Å². The fourth-order valence-electron chi connectivity index (χ4n) is 2.85. The van der Waals surface area contributed by atoms with E-state index in [1.807, 2.05) is 39.0 Å². The molecular weight excluding hydrogens is 404 g/mol. The van der Waals surface area contributed by atoms with Gasteiger partial charge in [-0.15, -0.1) is 0 Å². The van der Waals surface area contributed by atoms with Gasteiger partial charge < -0.3 is 14.8 Å². The third-order valence-corrected chi connectivity index (χ3v) is 5.85. The van der Waals surface area contributed by atoms with E-state index in [0.29, 0.717) is 11.5 Å². The van der Waals surface area contributed by atoms with Gasteiger partial charge in [-0.2, -0.15) is 0 Å². The zero-order valence-electron chi connectivity index (χ0n) is 18.2. The molecule has 0 saturated carbocycles. The van der Waals surface area contributed by atoms with Gasteiger partial charge in [0.2, 0.25) is 10.0 Å². The minimum Gasteiger partial charge on any atom is -0.493 e. The maximum Gasteiger partial charge on any atom is 0.251 e. The summed E-state index contributed by atoms with van der Waals surface area (Å²) in [4.78, 5) is 12.8. The van der Waals surface area contributed by atoms with Crippen LogP contribution in [0.15, 0.2) is 47.4 Å². The number of methoxy groups -OCH3 is 1. The van der Waals surface area contributed by atoms with Crippen LogP contribution in [0.1, 0.15) is 56.6 Å². The molecule has 1 amide bonds. The smallest absolute Gasteiger partial charge is 0.251 e. The van der Waals surface area contributed by atoms with Gasteiger partial charge in [-0.25, -0.2) is 13.1 Å². The van der Waals surface area contributed by atoms with Crippen molar-refractivity contribution in [3.8, 4) is 11.5 Å². The molecule has 0 aliphatic carbocycles. The average molecular weight is 435 g/mol. The Morgan fingerprint density at radius 2 is 1.67 bits per heavy atom. The molecule has 0 bridgehead atoms.